The summed E-state index contributed by atoms with van der Waals surface area (Å²) in [4.78, 5) is 27.0. The molecule has 2 heterocycles. The summed E-state index contributed by atoms with van der Waals surface area (Å²) < 4.78 is 5.40. The quantitative estimate of drug-likeness (QED) is 0.838. The van der Waals surface area contributed by atoms with Gasteiger partial charge in [0.2, 0.25) is 0 Å². The number of amides is 1. The molecule has 3 rings (SSSR count). The van der Waals surface area contributed by atoms with Crippen LogP contribution in [0.3, 0.4) is 0 Å². The summed E-state index contributed by atoms with van der Waals surface area (Å²) in [7, 11) is 0. The first-order valence-electron chi connectivity index (χ1n) is 7.77. The summed E-state index contributed by atoms with van der Waals surface area (Å²) in [6, 6.07) is 7.63. The first-order valence-corrected chi connectivity index (χ1v) is 8.65. The van der Waals surface area contributed by atoms with E-state index in [1.807, 2.05) is 18.2 Å². The molecule has 7 heteroatoms. The highest BCUT2D eigenvalue weighted by atomic mass is 32.1. The lowest BCUT2D eigenvalue weighted by Crippen LogP contribution is -2.25. The molecule has 24 heavy (non-hydrogen) atoms. The molecule has 0 aliphatic carbocycles. The van der Waals surface area contributed by atoms with Crippen molar-refractivity contribution in [2.75, 3.05) is 19.8 Å². The second kappa shape index (κ2) is 7.55. The van der Waals surface area contributed by atoms with Gasteiger partial charge in [-0.2, -0.15) is 0 Å². The molecular formula is C17H18N2O4S. The third kappa shape index (κ3) is 3.98. The van der Waals surface area contributed by atoms with Gasteiger partial charge in [0.15, 0.2) is 5.69 Å². The number of carboxylic acids is 1. The highest BCUT2D eigenvalue weighted by Gasteiger charge is 2.18. The Morgan fingerprint density at radius 3 is 3.00 bits per heavy atom. The molecule has 0 unspecified atom stereocenters. The molecule has 1 aromatic heterocycles. The van der Waals surface area contributed by atoms with Gasteiger partial charge in [-0.05, 0) is 24.1 Å². The van der Waals surface area contributed by atoms with E-state index in [-0.39, 0.29) is 11.6 Å². The molecule has 1 aliphatic rings. The second-order valence-electron chi connectivity index (χ2n) is 5.62. The van der Waals surface area contributed by atoms with Crippen LogP contribution in [-0.4, -0.2) is 41.7 Å². The summed E-state index contributed by atoms with van der Waals surface area (Å²) >= 11 is 1.29. The van der Waals surface area contributed by atoms with Crippen LogP contribution in [0.15, 0.2) is 29.6 Å². The lowest BCUT2D eigenvalue weighted by atomic mass is 9.96. The Bertz CT molecular complexity index is 738. The Hall–Kier alpha value is -2.25. The van der Waals surface area contributed by atoms with Gasteiger partial charge in [-0.15, -0.1) is 11.3 Å². The SMILES string of the molecule is O=C(NCCc1nc(C(=O)O)cs1)c1cccc([C@H]2CCOC2)c1. The van der Waals surface area contributed by atoms with Crippen molar-refractivity contribution in [3.05, 3.63) is 51.5 Å². The summed E-state index contributed by atoms with van der Waals surface area (Å²) in [6.07, 6.45) is 1.50. The van der Waals surface area contributed by atoms with Gasteiger partial charge in [0.1, 0.15) is 0 Å². The zero-order valence-electron chi connectivity index (χ0n) is 13.0. The number of ether oxygens (including phenoxy) is 1. The predicted octanol–water partition coefficient (Wildman–Crippen LogP) is 2.32. The van der Waals surface area contributed by atoms with Crippen molar-refractivity contribution in [3.8, 4) is 0 Å². The molecule has 2 aromatic rings. The molecule has 0 bridgehead atoms. The Kier molecular flexibility index (Phi) is 5.22. The lowest BCUT2D eigenvalue weighted by molar-refractivity contribution is 0.0690. The van der Waals surface area contributed by atoms with Crippen LogP contribution < -0.4 is 5.32 Å². The first kappa shape index (κ1) is 16.6. The normalized spacial score (nSPS) is 16.9. The molecule has 0 spiro atoms. The van der Waals surface area contributed by atoms with Crippen molar-refractivity contribution in [2.24, 2.45) is 0 Å². The zero-order chi connectivity index (χ0) is 16.9. The molecule has 1 fully saturated rings. The van der Waals surface area contributed by atoms with E-state index < -0.39 is 5.97 Å². The van der Waals surface area contributed by atoms with Crippen molar-refractivity contribution in [1.82, 2.24) is 10.3 Å². The van der Waals surface area contributed by atoms with E-state index in [1.165, 1.54) is 16.7 Å². The van der Waals surface area contributed by atoms with Crippen LogP contribution >= 0.6 is 11.3 Å². The molecule has 1 aliphatic heterocycles. The number of aromatic nitrogens is 1. The maximum atomic E-state index is 12.3. The molecule has 1 amide bonds. The molecule has 1 aromatic carbocycles. The predicted molar refractivity (Wildman–Crippen MR) is 89.7 cm³/mol. The minimum absolute atomic E-state index is 0.0489. The van der Waals surface area contributed by atoms with Crippen molar-refractivity contribution in [2.45, 2.75) is 18.8 Å². The van der Waals surface area contributed by atoms with Gasteiger partial charge in [0, 0.05) is 36.4 Å². The maximum Gasteiger partial charge on any atom is 0.355 e. The fourth-order valence-electron chi connectivity index (χ4n) is 2.64. The lowest BCUT2D eigenvalue weighted by Gasteiger charge is -2.10. The summed E-state index contributed by atoms with van der Waals surface area (Å²) in [6.45, 7) is 1.90. The first-order chi connectivity index (χ1) is 11.6. The topological polar surface area (TPSA) is 88.5 Å². The minimum Gasteiger partial charge on any atom is -0.476 e. The number of hydrogen-bond acceptors (Lipinski definition) is 5. The number of nitrogens with zero attached hydrogens (tertiary/aromatic N) is 1. The van der Waals surface area contributed by atoms with E-state index >= 15 is 0 Å². The Balaban J connectivity index is 1.54. The number of carboxylic acid groups (broad SMARTS) is 1. The molecule has 2 N–H and O–H groups in total. The fraction of sp³-hybridized carbons (Fsp3) is 0.353. The molecule has 1 saturated heterocycles. The van der Waals surface area contributed by atoms with Crippen molar-refractivity contribution in [3.63, 3.8) is 0 Å². The number of benzene rings is 1. The fourth-order valence-corrected chi connectivity index (χ4v) is 3.41. The van der Waals surface area contributed by atoms with Gasteiger partial charge in [0.05, 0.1) is 11.6 Å². The number of nitrogens with one attached hydrogen (secondary N) is 1. The smallest absolute Gasteiger partial charge is 0.355 e. The summed E-state index contributed by atoms with van der Waals surface area (Å²) in [5, 5.41) is 13.9. The Morgan fingerprint density at radius 2 is 2.29 bits per heavy atom. The van der Waals surface area contributed by atoms with Crippen LogP contribution in [0, 0.1) is 0 Å². The van der Waals surface area contributed by atoms with E-state index in [0.29, 0.717) is 36.1 Å². The molecule has 126 valence electrons. The van der Waals surface area contributed by atoms with Gasteiger partial charge >= 0.3 is 5.97 Å². The third-order valence-electron chi connectivity index (χ3n) is 3.95. The van der Waals surface area contributed by atoms with Gasteiger partial charge < -0.3 is 15.2 Å². The number of hydrogen-bond donors (Lipinski definition) is 2. The minimum atomic E-state index is -1.03. The summed E-state index contributed by atoms with van der Waals surface area (Å²) in [5.41, 5.74) is 1.81. The Morgan fingerprint density at radius 1 is 1.42 bits per heavy atom. The highest BCUT2D eigenvalue weighted by molar-refractivity contribution is 7.09. The van der Waals surface area contributed by atoms with E-state index in [1.54, 1.807) is 6.07 Å². The van der Waals surface area contributed by atoms with Gasteiger partial charge in [-0.25, -0.2) is 9.78 Å². The molecule has 0 saturated carbocycles. The average molecular weight is 346 g/mol. The van der Waals surface area contributed by atoms with Crippen LogP contribution in [0.5, 0.6) is 0 Å². The van der Waals surface area contributed by atoms with Gasteiger partial charge in [-0.3, -0.25) is 4.79 Å². The van der Waals surface area contributed by atoms with Crippen LogP contribution in [0.2, 0.25) is 0 Å². The zero-order valence-corrected chi connectivity index (χ0v) is 13.8. The maximum absolute atomic E-state index is 12.3. The average Bonchev–Trinajstić information content (AvgIpc) is 3.27. The number of aromatic carboxylic acids is 1. The van der Waals surface area contributed by atoms with E-state index in [2.05, 4.69) is 10.3 Å². The Labute approximate surface area is 143 Å². The van der Waals surface area contributed by atoms with E-state index in [0.717, 1.165) is 18.6 Å². The standard InChI is InChI=1S/C17H18N2O4S/c20-16(18-6-4-15-19-14(10-24-15)17(21)22)12-3-1-2-11(8-12)13-5-7-23-9-13/h1-3,8,10,13H,4-7,9H2,(H,18,20)(H,21,22)/t13-/m0/s1. The number of rotatable bonds is 6. The number of carbonyl (C=O) groups is 2. The molecule has 0 radical (unpaired) electrons. The van der Waals surface area contributed by atoms with E-state index in [9.17, 15) is 9.59 Å². The number of thiazole rings is 1. The molecule has 6 nitrogen and oxygen atoms in total. The summed E-state index contributed by atoms with van der Waals surface area (Å²) in [5.74, 6) is -0.803. The van der Waals surface area contributed by atoms with Crippen LogP contribution in [-0.2, 0) is 11.2 Å². The van der Waals surface area contributed by atoms with Gasteiger partial charge in [-0.1, -0.05) is 12.1 Å². The number of carbonyl (C=O) groups excluding carboxylic acids is 1. The van der Waals surface area contributed by atoms with E-state index in [4.69, 9.17) is 9.84 Å². The van der Waals surface area contributed by atoms with Crippen molar-refractivity contribution in [1.29, 1.82) is 0 Å². The van der Waals surface area contributed by atoms with Crippen molar-refractivity contribution < 1.29 is 19.4 Å². The third-order valence-corrected chi connectivity index (χ3v) is 4.85. The van der Waals surface area contributed by atoms with Crippen LogP contribution in [0.1, 0.15) is 43.8 Å². The van der Waals surface area contributed by atoms with Crippen LogP contribution in [0.4, 0.5) is 0 Å². The van der Waals surface area contributed by atoms with Crippen LogP contribution in [0.25, 0.3) is 0 Å². The largest absolute Gasteiger partial charge is 0.476 e. The van der Waals surface area contributed by atoms with Gasteiger partial charge in [0.25, 0.3) is 5.91 Å². The monoisotopic (exact) mass is 346 g/mol. The molecular weight excluding hydrogens is 328 g/mol. The highest BCUT2D eigenvalue weighted by Crippen LogP contribution is 2.25. The second-order valence-corrected chi connectivity index (χ2v) is 6.57. The molecule has 1 atom stereocenters. The van der Waals surface area contributed by atoms with Crippen molar-refractivity contribution >= 4 is 23.2 Å².